The van der Waals surface area contributed by atoms with Gasteiger partial charge in [0.15, 0.2) is 0 Å². The Hall–Kier alpha value is -0.810. The molecule has 0 radical (unpaired) electrons. The van der Waals surface area contributed by atoms with E-state index in [1.165, 1.54) is 0 Å². The quantitative estimate of drug-likeness (QED) is 0.773. The summed E-state index contributed by atoms with van der Waals surface area (Å²) in [6.45, 7) is 5.82. The van der Waals surface area contributed by atoms with Crippen molar-refractivity contribution in [3.63, 3.8) is 0 Å². The van der Waals surface area contributed by atoms with Crippen LogP contribution < -0.4 is 10.2 Å². The third-order valence-corrected chi connectivity index (χ3v) is 3.24. The lowest BCUT2D eigenvalue weighted by Gasteiger charge is -2.25. The first kappa shape index (κ1) is 17.2. The highest BCUT2D eigenvalue weighted by molar-refractivity contribution is 6.30. The summed E-state index contributed by atoms with van der Waals surface area (Å²) in [5.41, 5.74) is 2.19. The smallest absolute Gasteiger partial charge is 0.0947 e. The summed E-state index contributed by atoms with van der Waals surface area (Å²) in [6.07, 6.45) is -0.519. The van der Waals surface area contributed by atoms with Gasteiger partial charge in [0.1, 0.15) is 0 Å². The summed E-state index contributed by atoms with van der Waals surface area (Å²) in [7, 11) is 3.53. The molecule has 0 saturated carbocycles. The molecule has 0 saturated heterocycles. The lowest BCUT2D eigenvalue weighted by Crippen LogP contribution is -2.33. The number of halogens is 1. The Bertz CT molecular complexity index is 413. The van der Waals surface area contributed by atoms with E-state index >= 15 is 0 Å². The van der Waals surface area contributed by atoms with Crippen molar-refractivity contribution in [1.29, 1.82) is 0 Å². The molecule has 0 amide bonds. The van der Waals surface area contributed by atoms with Crippen LogP contribution in [0, 0.1) is 0 Å². The van der Waals surface area contributed by atoms with Crippen LogP contribution in [0.1, 0.15) is 19.4 Å². The van der Waals surface area contributed by atoms with Gasteiger partial charge in [-0.2, -0.15) is 0 Å². The Labute approximate surface area is 126 Å². The third-order valence-electron chi connectivity index (χ3n) is 3.00. The van der Waals surface area contributed by atoms with Crippen molar-refractivity contribution >= 4 is 17.3 Å². The number of likely N-dealkylation sites (N-methyl/N-ethyl adjacent to an activating group) is 1. The Morgan fingerprint density at radius 3 is 2.70 bits per heavy atom. The van der Waals surface area contributed by atoms with Gasteiger partial charge in [0.25, 0.3) is 0 Å². The number of anilines is 1. The minimum absolute atomic E-state index is 0.324. The standard InChI is InChI=1S/C15H25ClN2O2/c1-11(2)17-8-12-5-6-13(16)7-15(12)18(3)9-14(19)10-20-4/h5-7,11,14,17,19H,8-10H2,1-4H3. The highest BCUT2D eigenvalue weighted by atomic mass is 35.5. The van der Waals surface area contributed by atoms with Gasteiger partial charge in [-0.05, 0) is 17.7 Å². The van der Waals surface area contributed by atoms with E-state index in [2.05, 4.69) is 19.2 Å². The molecule has 0 heterocycles. The van der Waals surface area contributed by atoms with Gasteiger partial charge in [0.2, 0.25) is 0 Å². The molecule has 114 valence electrons. The first-order valence-electron chi connectivity index (χ1n) is 6.84. The SMILES string of the molecule is COCC(O)CN(C)c1cc(Cl)ccc1CNC(C)C. The molecule has 1 unspecified atom stereocenters. The van der Waals surface area contributed by atoms with Gasteiger partial charge in [-0.3, -0.25) is 0 Å². The molecule has 5 heteroatoms. The van der Waals surface area contributed by atoms with Crippen LogP contribution in [0.3, 0.4) is 0 Å². The van der Waals surface area contributed by atoms with E-state index in [1.807, 2.05) is 30.1 Å². The minimum atomic E-state index is -0.519. The molecule has 0 spiro atoms. The van der Waals surface area contributed by atoms with Gasteiger partial charge >= 0.3 is 0 Å². The van der Waals surface area contributed by atoms with Crippen molar-refractivity contribution in [2.24, 2.45) is 0 Å². The van der Waals surface area contributed by atoms with Crippen molar-refractivity contribution in [3.8, 4) is 0 Å². The molecular weight excluding hydrogens is 276 g/mol. The summed E-state index contributed by atoms with van der Waals surface area (Å²) in [4.78, 5) is 2.01. The Morgan fingerprint density at radius 1 is 1.40 bits per heavy atom. The van der Waals surface area contributed by atoms with E-state index in [0.717, 1.165) is 17.8 Å². The number of nitrogens with zero attached hydrogens (tertiary/aromatic N) is 1. The fraction of sp³-hybridized carbons (Fsp3) is 0.600. The first-order chi connectivity index (χ1) is 9.43. The molecule has 0 aromatic heterocycles. The Morgan fingerprint density at radius 2 is 2.10 bits per heavy atom. The van der Waals surface area contributed by atoms with Crippen LogP contribution in [-0.4, -0.2) is 44.6 Å². The number of rotatable bonds is 8. The summed E-state index contributed by atoms with van der Waals surface area (Å²) >= 11 is 6.09. The Kier molecular flexibility index (Phi) is 7.30. The van der Waals surface area contributed by atoms with Crippen molar-refractivity contribution in [2.75, 3.05) is 32.2 Å². The molecule has 0 fully saturated rings. The van der Waals surface area contributed by atoms with Crippen LogP contribution in [0.25, 0.3) is 0 Å². The van der Waals surface area contributed by atoms with Crippen LogP contribution in [0.2, 0.25) is 5.02 Å². The van der Waals surface area contributed by atoms with Crippen LogP contribution in [0.4, 0.5) is 5.69 Å². The summed E-state index contributed by atoms with van der Waals surface area (Å²) < 4.78 is 4.96. The molecule has 0 aliphatic rings. The fourth-order valence-electron chi connectivity index (χ4n) is 2.02. The van der Waals surface area contributed by atoms with Crippen LogP contribution >= 0.6 is 11.6 Å². The number of nitrogens with one attached hydrogen (secondary N) is 1. The van der Waals surface area contributed by atoms with Gasteiger partial charge in [-0.25, -0.2) is 0 Å². The molecule has 0 aliphatic carbocycles. The zero-order valence-electron chi connectivity index (χ0n) is 12.7. The maximum absolute atomic E-state index is 9.84. The van der Waals surface area contributed by atoms with Gasteiger partial charge in [-0.1, -0.05) is 31.5 Å². The summed E-state index contributed by atoms with van der Waals surface area (Å²) in [5, 5.41) is 13.9. The number of hydrogen-bond acceptors (Lipinski definition) is 4. The molecule has 20 heavy (non-hydrogen) atoms. The fourth-order valence-corrected chi connectivity index (χ4v) is 2.18. The number of methoxy groups -OCH3 is 1. The van der Waals surface area contributed by atoms with Crippen LogP contribution in [0.5, 0.6) is 0 Å². The second-order valence-corrected chi connectivity index (χ2v) is 5.73. The maximum Gasteiger partial charge on any atom is 0.0947 e. The van der Waals surface area contributed by atoms with Gasteiger partial charge in [0.05, 0.1) is 12.7 Å². The zero-order chi connectivity index (χ0) is 15.1. The predicted octanol–water partition coefficient (Wildman–Crippen LogP) is 2.28. The minimum Gasteiger partial charge on any atom is -0.389 e. The number of benzene rings is 1. The number of aliphatic hydroxyl groups is 1. The van der Waals surface area contributed by atoms with E-state index in [-0.39, 0.29) is 0 Å². The maximum atomic E-state index is 9.84. The summed E-state index contributed by atoms with van der Waals surface area (Å²) in [5.74, 6) is 0. The second-order valence-electron chi connectivity index (χ2n) is 5.30. The highest BCUT2D eigenvalue weighted by Crippen LogP contribution is 2.24. The molecule has 4 nitrogen and oxygen atoms in total. The van der Waals surface area contributed by atoms with Crippen molar-refractivity contribution < 1.29 is 9.84 Å². The van der Waals surface area contributed by atoms with Gasteiger partial charge < -0.3 is 20.1 Å². The normalized spacial score (nSPS) is 12.8. The largest absolute Gasteiger partial charge is 0.389 e. The molecule has 1 aromatic carbocycles. The predicted molar refractivity (Wildman–Crippen MR) is 84.6 cm³/mol. The average molecular weight is 301 g/mol. The topological polar surface area (TPSA) is 44.7 Å². The van der Waals surface area contributed by atoms with Gasteiger partial charge in [-0.15, -0.1) is 0 Å². The monoisotopic (exact) mass is 300 g/mol. The highest BCUT2D eigenvalue weighted by Gasteiger charge is 2.13. The molecular formula is C15H25ClN2O2. The van der Waals surface area contributed by atoms with Crippen LogP contribution in [0.15, 0.2) is 18.2 Å². The van der Waals surface area contributed by atoms with E-state index in [4.69, 9.17) is 16.3 Å². The first-order valence-corrected chi connectivity index (χ1v) is 7.21. The molecule has 0 bridgehead atoms. The number of ether oxygens (including phenoxy) is 1. The van der Waals surface area contributed by atoms with Crippen molar-refractivity contribution in [1.82, 2.24) is 5.32 Å². The van der Waals surface area contributed by atoms with E-state index < -0.39 is 6.10 Å². The molecule has 1 rings (SSSR count). The lowest BCUT2D eigenvalue weighted by molar-refractivity contribution is 0.0695. The van der Waals surface area contributed by atoms with E-state index in [9.17, 15) is 5.11 Å². The van der Waals surface area contributed by atoms with E-state index in [1.54, 1.807) is 7.11 Å². The molecule has 0 aliphatic heterocycles. The van der Waals surface area contributed by atoms with Crippen molar-refractivity contribution in [2.45, 2.75) is 32.5 Å². The Balaban J connectivity index is 2.81. The third kappa shape index (κ3) is 5.67. The number of hydrogen-bond donors (Lipinski definition) is 2. The summed E-state index contributed by atoms with van der Waals surface area (Å²) in [6, 6.07) is 6.26. The molecule has 2 N–H and O–H groups in total. The molecule has 1 atom stereocenters. The lowest BCUT2D eigenvalue weighted by atomic mass is 10.1. The second kappa shape index (κ2) is 8.47. The van der Waals surface area contributed by atoms with E-state index in [0.29, 0.717) is 24.2 Å². The average Bonchev–Trinajstić information content (AvgIpc) is 2.37. The number of aliphatic hydroxyl groups excluding tert-OH is 1. The molecule has 1 aromatic rings. The van der Waals surface area contributed by atoms with Crippen LogP contribution in [-0.2, 0) is 11.3 Å². The van der Waals surface area contributed by atoms with Gasteiger partial charge in [0, 0.05) is 44.0 Å². The van der Waals surface area contributed by atoms with Crippen molar-refractivity contribution in [3.05, 3.63) is 28.8 Å². The zero-order valence-corrected chi connectivity index (χ0v) is 13.4.